The van der Waals surface area contributed by atoms with E-state index < -0.39 is 25.7 Å². The lowest BCUT2D eigenvalue weighted by Crippen LogP contribution is -2.47. The van der Waals surface area contributed by atoms with Crippen molar-refractivity contribution in [2.75, 3.05) is 57.3 Å². The second-order valence-electron chi connectivity index (χ2n) is 19.3. The summed E-state index contributed by atoms with van der Waals surface area (Å²) in [5, 5.41) is 13.9. The molecule has 5 heterocycles. The molecule has 5 aliphatic rings. The van der Waals surface area contributed by atoms with E-state index in [1.165, 1.54) is 48.2 Å². The normalized spacial score (nSPS) is 22.2. The highest BCUT2D eigenvalue weighted by Gasteiger charge is 2.40. The van der Waals surface area contributed by atoms with Crippen molar-refractivity contribution < 1.29 is 27.6 Å². The predicted molar refractivity (Wildman–Crippen MR) is 250 cm³/mol. The van der Waals surface area contributed by atoms with Crippen molar-refractivity contribution >= 4 is 55.5 Å². The molecule has 16 heteroatoms. The topological polar surface area (TPSA) is 163 Å². The molecule has 0 radical (unpaired) electrons. The van der Waals surface area contributed by atoms with Gasteiger partial charge in [-0.2, -0.15) is 0 Å². The van der Waals surface area contributed by atoms with Gasteiger partial charge in [0.1, 0.15) is 22.9 Å². The standard InChI is InChI=1S/C49H54ClN7O7S/c1-49(2)13-11-35(43(25-49)33-4-6-36(50)7-5-33)29-54-15-17-55(18-16-54)38-9-10-41(46(22-38)64-39-21-34-12-14-51-47(34)52-26-39)48(58)53-65(61,62)40-23-44(57(59)60)42-20-32(30-63-45(42)24-40)28-56-27-31-3-8-37(56)19-31/h4-7,9-10,12,14,21-24,26,31-32,37H,3,8,11,13,15-20,25,27-30H2,1-2H3,(H,51,52)(H,53,58)/t31-,32+,37+/m0/s1. The number of benzene rings is 3. The van der Waals surface area contributed by atoms with Crippen molar-refractivity contribution in [3.05, 3.63) is 117 Å². The summed E-state index contributed by atoms with van der Waals surface area (Å²) in [6.45, 7) is 10.8. The summed E-state index contributed by atoms with van der Waals surface area (Å²) in [5.41, 5.74) is 5.82. The van der Waals surface area contributed by atoms with Crippen LogP contribution in [0.2, 0.25) is 5.02 Å². The van der Waals surface area contributed by atoms with E-state index in [0.29, 0.717) is 36.0 Å². The molecule has 0 unspecified atom stereocenters. The zero-order chi connectivity index (χ0) is 45.0. The number of aromatic nitrogens is 2. The molecule has 2 aliphatic carbocycles. The molecule has 340 valence electrons. The summed E-state index contributed by atoms with van der Waals surface area (Å²) >= 11 is 6.25. The molecule has 1 amide bonds. The third-order valence-corrected chi connectivity index (χ3v) is 15.8. The van der Waals surface area contributed by atoms with E-state index >= 15 is 0 Å². The largest absolute Gasteiger partial charge is 0.493 e. The van der Waals surface area contributed by atoms with Crippen LogP contribution < -0.4 is 19.1 Å². The third kappa shape index (κ3) is 9.20. The lowest BCUT2D eigenvalue weighted by molar-refractivity contribution is -0.386. The van der Waals surface area contributed by atoms with Crippen molar-refractivity contribution in [2.45, 2.75) is 69.7 Å². The second kappa shape index (κ2) is 17.4. The number of likely N-dealkylation sites (tertiary alicyclic amines) is 1. The van der Waals surface area contributed by atoms with Crippen LogP contribution in [0.15, 0.2) is 89.6 Å². The number of nitrogens with zero attached hydrogens (tertiary/aromatic N) is 5. The Bertz CT molecular complexity index is 2800. The highest BCUT2D eigenvalue weighted by atomic mass is 35.5. The van der Waals surface area contributed by atoms with Gasteiger partial charge in [-0.15, -0.1) is 0 Å². The molecule has 3 aliphatic heterocycles. The Hall–Kier alpha value is -5.48. The van der Waals surface area contributed by atoms with E-state index in [0.717, 1.165) is 93.2 Å². The van der Waals surface area contributed by atoms with E-state index in [4.69, 9.17) is 21.1 Å². The number of hydrogen-bond acceptors (Lipinski definition) is 11. The Kier molecular flexibility index (Phi) is 11.6. The molecule has 14 nitrogen and oxygen atoms in total. The number of carbonyl (C=O) groups excluding carboxylic acids is 1. The monoisotopic (exact) mass is 919 g/mol. The number of halogens is 1. The van der Waals surface area contributed by atoms with Crippen LogP contribution in [0.3, 0.4) is 0 Å². The first-order valence-electron chi connectivity index (χ1n) is 22.7. The van der Waals surface area contributed by atoms with Gasteiger partial charge in [0, 0.05) is 98.3 Å². The molecule has 3 fully saturated rings. The molecular weight excluding hydrogens is 866 g/mol. The third-order valence-electron chi connectivity index (χ3n) is 14.2. The first kappa shape index (κ1) is 43.4. The van der Waals surface area contributed by atoms with Crippen molar-refractivity contribution in [1.29, 1.82) is 0 Å². The van der Waals surface area contributed by atoms with Crippen LogP contribution in [-0.4, -0.2) is 97.5 Å². The highest BCUT2D eigenvalue weighted by Crippen LogP contribution is 2.44. The maximum atomic E-state index is 14.1. The van der Waals surface area contributed by atoms with E-state index in [9.17, 15) is 23.3 Å². The van der Waals surface area contributed by atoms with Crippen molar-refractivity contribution in [3.8, 4) is 17.2 Å². The molecule has 3 atom stereocenters. The van der Waals surface area contributed by atoms with Crippen LogP contribution in [0.4, 0.5) is 11.4 Å². The number of rotatable bonds is 12. The molecule has 2 saturated heterocycles. The number of piperidine rings is 1. The Labute approximate surface area is 384 Å². The van der Waals surface area contributed by atoms with Crippen LogP contribution in [-0.2, 0) is 16.4 Å². The molecule has 2 aromatic heterocycles. The molecule has 3 aromatic carbocycles. The van der Waals surface area contributed by atoms with Gasteiger partial charge in [-0.25, -0.2) is 18.1 Å². The number of fused-ring (bicyclic) bond motifs is 4. The van der Waals surface area contributed by atoms with Crippen LogP contribution >= 0.6 is 11.6 Å². The number of nitro benzene ring substituents is 1. The number of aromatic amines is 1. The predicted octanol–water partition coefficient (Wildman–Crippen LogP) is 8.86. The molecule has 10 rings (SSSR count). The van der Waals surface area contributed by atoms with Gasteiger partial charge >= 0.3 is 0 Å². The summed E-state index contributed by atoms with van der Waals surface area (Å²) in [6.07, 6.45) is 10.6. The fourth-order valence-electron chi connectivity index (χ4n) is 10.7. The number of piperazine rings is 1. The van der Waals surface area contributed by atoms with Gasteiger partial charge in [-0.1, -0.05) is 43.2 Å². The van der Waals surface area contributed by atoms with E-state index in [-0.39, 0.29) is 34.1 Å². The average Bonchev–Trinajstić information content (AvgIpc) is 4.05. The van der Waals surface area contributed by atoms with E-state index in [1.54, 1.807) is 30.5 Å². The highest BCUT2D eigenvalue weighted by molar-refractivity contribution is 7.90. The first-order valence-corrected chi connectivity index (χ1v) is 24.5. The van der Waals surface area contributed by atoms with Gasteiger partial charge in [0.25, 0.3) is 21.6 Å². The summed E-state index contributed by atoms with van der Waals surface area (Å²) < 4.78 is 42.5. The molecule has 0 spiro atoms. The van der Waals surface area contributed by atoms with Gasteiger partial charge in [0.15, 0.2) is 0 Å². The van der Waals surface area contributed by atoms with Gasteiger partial charge in [-0.05, 0) is 104 Å². The smallest absolute Gasteiger partial charge is 0.277 e. The number of amides is 1. The number of sulfonamides is 1. The number of ether oxygens (including phenoxy) is 2. The maximum Gasteiger partial charge on any atom is 0.277 e. The summed E-state index contributed by atoms with van der Waals surface area (Å²) in [6, 6.07) is 19.8. The summed E-state index contributed by atoms with van der Waals surface area (Å²) in [7, 11) is -4.62. The number of anilines is 1. The van der Waals surface area contributed by atoms with Crippen LogP contribution in [0.25, 0.3) is 16.6 Å². The molecule has 2 bridgehead atoms. The fourth-order valence-corrected chi connectivity index (χ4v) is 11.9. The summed E-state index contributed by atoms with van der Waals surface area (Å²) in [5.74, 6) is 0.453. The average molecular weight is 921 g/mol. The number of pyridine rings is 1. The van der Waals surface area contributed by atoms with E-state index in [2.05, 4.69) is 55.4 Å². The molecule has 5 aromatic rings. The van der Waals surface area contributed by atoms with E-state index in [1.807, 2.05) is 18.2 Å². The number of H-pyrrole nitrogens is 1. The quantitative estimate of drug-likeness (QED) is 0.0908. The van der Waals surface area contributed by atoms with Gasteiger partial charge in [-0.3, -0.25) is 24.7 Å². The minimum absolute atomic E-state index is 0.0332. The fraction of sp³-hybridized carbons (Fsp3) is 0.429. The van der Waals surface area contributed by atoms with Gasteiger partial charge < -0.3 is 19.4 Å². The Morgan fingerprint density at radius 1 is 1.06 bits per heavy atom. The lowest BCUT2D eigenvalue weighted by Gasteiger charge is -2.39. The molecule has 2 N–H and O–H groups in total. The van der Waals surface area contributed by atoms with Crippen LogP contribution in [0.5, 0.6) is 17.2 Å². The minimum atomic E-state index is -4.62. The number of allylic oxidation sites excluding steroid dienone is 1. The maximum absolute atomic E-state index is 14.1. The number of hydrogen-bond donors (Lipinski definition) is 2. The van der Waals surface area contributed by atoms with Crippen LogP contribution in [0.1, 0.15) is 73.9 Å². The van der Waals surface area contributed by atoms with Gasteiger partial charge in [0.05, 0.1) is 33.7 Å². The van der Waals surface area contributed by atoms with Crippen molar-refractivity contribution in [2.24, 2.45) is 17.3 Å². The van der Waals surface area contributed by atoms with Gasteiger partial charge in [0.2, 0.25) is 0 Å². The molecular formula is C49H54ClN7O7S. The molecule has 1 saturated carbocycles. The zero-order valence-electron chi connectivity index (χ0n) is 36.7. The minimum Gasteiger partial charge on any atom is -0.493 e. The van der Waals surface area contributed by atoms with Crippen molar-refractivity contribution in [1.82, 2.24) is 24.5 Å². The number of nitro groups is 1. The Morgan fingerprint density at radius 2 is 1.88 bits per heavy atom. The Morgan fingerprint density at radius 3 is 2.63 bits per heavy atom. The molecule has 65 heavy (non-hydrogen) atoms. The Balaban J connectivity index is 0.872. The van der Waals surface area contributed by atoms with Crippen LogP contribution in [0, 0.1) is 27.4 Å². The van der Waals surface area contributed by atoms with Crippen molar-refractivity contribution in [3.63, 3.8) is 0 Å². The number of nitrogens with one attached hydrogen (secondary N) is 2. The number of carbonyl (C=O) groups is 1. The SMILES string of the molecule is CC1(C)CCC(CN2CCN(c3ccc(C(=O)NS(=O)(=O)c4cc5c(c([N+](=O)[O-])c4)C[C@H](CN4C[C@H]6CC[C@@H]4C6)CO5)c(Oc4cnc5[nH]ccc5c4)c3)CC2)=C(c2ccc(Cl)cc2)C1. The second-order valence-corrected chi connectivity index (χ2v) is 21.5. The summed E-state index contributed by atoms with van der Waals surface area (Å²) in [4.78, 5) is 40.2. The lowest BCUT2D eigenvalue weighted by atomic mass is 9.72. The first-order chi connectivity index (χ1) is 31.2. The zero-order valence-corrected chi connectivity index (χ0v) is 38.3.